The molecule has 1 N–H and O–H groups in total. The topological polar surface area (TPSA) is 29.3 Å². The summed E-state index contributed by atoms with van der Waals surface area (Å²) in [5.74, 6) is 0.770. The number of imidazole rings is 1. The highest BCUT2D eigenvalue weighted by atomic mass is 32.1. The molecule has 3 rings (SSSR count). The number of nitrogens with one attached hydrogen (secondary N) is 1. The lowest BCUT2D eigenvalue weighted by Gasteiger charge is -2.06. The van der Waals surface area contributed by atoms with Gasteiger partial charge in [0, 0.05) is 18.1 Å². The van der Waals surface area contributed by atoms with Crippen LogP contribution >= 0.6 is 11.3 Å². The van der Waals surface area contributed by atoms with E-state index < -0.39 is 0 Å². The highest BCUT2D eigenvalue weighted by molar-refractivity contribution is 7.15. The number of rotatable bonds is 4. The first kappa shape index (κ1) is 13.1. The molecule has 0 saturated heterocycles. The molecule has 0 aliphatic heterocycles. The maximum Gasteiger partial charge on any atom is 0.194 e. The average molecular weight is 277 g/mol. The van der Waals surface area contributed by atoms with Crippen LogP contribution in [0.15, 0.2) is 11.6 Å². The highest BCUT2D eigenvalue weighted by Gasteiger charge is 2.63. The molecule has 0 aromatic carbocycles. The predicted molar refractivity (Wildman–Crippen MR) is 80.6 cm³/mol. The van der Waals surface area contributed by atoms with E-state index in [4.69, 9.17) is 0 Å². The lowest BCUT2D eigenvalue weighted by atomic mass is 10.0. The van der Waals surface area contributed by atoms with Gasteiger partial charge < -0.3 is 5.32 Å². The summed E-state index contributed by atoms with van der Waals surface area (Å²) in [5.41, 5.74) is 3.37. The van der Waals surface area contributed by atoms with E-state index in [2.05, 4.69) is 60.9 Å². The van der Waals surface area contributed by atoms with Gasteiger partial charge in [0.05, 0.1) is 11.4 Å². The molecule has 0 bridgehead atoms. The second-order valence-corrected chi connectivity index (χ2v) is 7.70. The summed E-state index contributed by atoms with van der Waals surface area (Å²) in [5, 5.41) is 5.72. The molecular weight excluding hydrogens is 254 g/mol. The molecule has 19 heavy (non-hydrogen) atoms. The zero-order valence-electron chi connectivity index (χ0n) is 12.4. The van der Waals surface area contributed by atoms with Gasteiger partial charge in [0.2, 0.25) is 0 Å². The number of fused-ring (bicyclic) bond motifs is 1. The highest BCUT2D eigenvalue weighted by Crippen LogP contribution is 2.67. The van der Waals surface area contributed by atoms with Gasteiger partial charge >= 0.3 is 0 Å². The van der Waals surface area contributed by atoms with Crippen molar-refractivity contribution in [2.45, 2.75) is 41.2 Å². The molecule has 0 atom stereocenters. The summed E-state index contributed by atoms with van der Waals surface area (Å²) >= 11 is 1.70. The van der Waals surface area contributed by atoms with Crippen molar-refractivity contribution in [2.75, 3.05) is 6.54 Å². The molecule has 4 heteroatoms. The predicted octanol–water partition coefficient (Wildman–Crippen LogP) is 3.48. The van der Waals surface area contributed by atoms with Gasteiger partial charge in [-0.2, -0.15) is 0 Å². The van der Waals surface area contributed by atoms with Crippen molar-refractivity contribution >= 4 is 16.3 Å². The Balaban J connectivity index is 1.65. The number of aryl methyl sites for hydroxylation is 1. The fraction of sp³-hybridized carbons (Fsp3) is 0.667. The summed E-state index contributed by atoms with van der Waals surface area (Å²) in [6.45, 7) is 13.6. The molecule has 1 fully saturated rings. The fourth-order valence-electron chi connectivity index (χ4n) is 3.33. The van der Waals surface area contributed by atoms with Gasteiger partial charge in [0.1, 0.15) is 0 Å². The molecule has 104 valence electrons. The third kappa shape index (κ3) is 1.84. The zero-order chi connectivity index (χ0) is 13.8. The second kappa shape index (κ2) is 4.06. The van der Waals surface area contributed by atoms with Crippen LogP contribution in [0.2, 0.25) is 0 Å². The van der Waals surface area contributed by atoms with E-state index in [1.807, 2.05) is 0 Å². The monoisotopic (exact) mass is 277 g/mol. The van der Waals surface area contributed by atoms with Gasteiger partial charge in [-0.15, -0.1) is 11.3 Å². The van der Waals surface area contributed by atoms with E-state index in [-0.39, 0.29) is 0 Å². The SMILES string of the molecule is Cc1nc2sccn2c1CNCC1C(C)(C)C1(C)C. The van der Waals surface area contributed by atoms with Crippen LogP contribution < -0.4 is 5.32 Å². The van der Waals surface area contributed by atoms with Crippen molar-refractivity contribution < 1.29 is 0 Å². The Kier molecular flexibility index (Phi) is 2.81. The molecule has 0 radical (unpaired) electrons. The van der Waals surface area contributed by atoms with Crippen molar-refractivity contribution in [3.8, 4) is 0 Å². The first-order valence-electron chi connectivity index (χ1n) is 6.97. The maximum atomic E-state index is 4.59. The van der Waals surface area contributed by atoms with Gasteiger partial charge in [0.15, 0.2) is 4.96 Å². The molecule has 2 aromatic heterocycles. The lowest BCUT2D eigenvalue weighted by Crippen LogP contribution is -2.20. The summed E-state index contributed by atoms with van der Waals surface area (Å²) in [4.78, 5) is 5.68. The third-order valence-corrected chi connectivity index (χ3v) is 6.28. The van der Waals surface area contributed by atoms with Crippen LogP contribution in [-0.2, 0) is 6.54 Å². The second-order valence-electron chi connectivity index (χ2n) is 6.83. The molecule has 2 aromatic rings. The van der Waals surface area contributed by atoms with Gasteiger partial charge in [-0.1, -0.05) is 27.7 Å². The number of aromatic nitrogens is 2. The fourth-order valence-corrected chi connectivity index (χ4v) is 4.11. The molecule has 1 aliphatic carbocycles. The standard InChI is InChI=1S/C15H23N3S/c1-10-11(18-6-7-19-13(18)17-10)8-16-9-12-14(2,3)15(12,4)5/h6-7,12,16H,8-9H2,1-5H3. The summed E-state index contributed by atoms with van der Waals surface area (Å²) < 4.78 is 2.20. The first-order valence-corrected chi connectivity index (χ1v) is 7.85. The molecule has 0 amide bonds. The van der Waals surface area contributed by atoms with Crippen LogP contribution in [0.25, 0.3) is 4.96 Å². The summed E-state index contributed by atoms with van der Waals surface area (Å²) in [6.07, 6.45) is 2.11. The first-order chi connectivity index (χ1) is 8.85. The quantitative estimate of drug-likeness (QED) is 0.927. The Morgan fingerprint density at radius 2 is 2.00 bits per heavy atom. The van der Waals surface area contributed by atoms with Crippen molar-refractivity contribution in [3.05, 3.63) is 23.0 Å². The minimum atomic E-state index is 0.462. The van der Waals surface area contributed by atoms with E-state index in [0.29, 0.717) is 10.8 Å². The summed E-state index contributed by atoms with van der Waals surface area (Å²) in [6, 6.07) is 0. The van der Waals surface area contributed by atoms with Gasteiger partial charge in [-0.3, -0.25) is 4.40 Å². The Morgan fingerprint density at radius 3 is 2.63 bits per heavy atom. The zero-order valence-corrected chi connectivity index (χ0v) is 13.3. The Morgan fingerprint density at radius 1 is 1.32 bits per heavy atom. The molecule has 0 unspecified atom stereocenters. The van der Waals surface area contributed by atoms with Crippen molar-refractivity contribution in [1.82, 2.24) is 14.7 Å². The Labute approximate surface area is 119 Å². The van der Waals surface area contributed by atoms with E-state index in [1.54, 1.807) is 11.3 Å². The van der Waals surface area contributed by atoms with Gasteiger partial charge in [-0.05, 0) is 30.2 Å². The normalized spacial score (nSPS) is 21.1. The van der Waals surface area contributed by atoms with Gasteiger partial charge in [0.25, 0.3) is 0 Å². The van der Waals surface area contributed by atoms with Crippen LogP contribution in [-0.4, -0.2) is 15.9 Å². The molecular formula is C15H23N3S. The number of thiazole rings is 1. The van der Waals surface area contributed by atoms with Crippen molar-refractivity contribution in [1.29, 1.82) is 0 Å². The molecule has 1 aliphatic rings. The molecule has 3 nitrogen and oxygen atoms in total. The van der Waals surface area contributed by atoms with E-state index in [9.17, 15) is 0 Å². The van der Waals surface area contributed by atoms with Gasteiger partial charge in [-0.25, -0.2) is 4.98 Å². The largest absolute Gasteiger partial charge is 0.311 e. The Hall–Kier alpha value is -0.870. The summed E-state index contributed by atoms with van der Waals surface area (Å²) in [7, 11) is 0. The Bertz CT molecular complexity index is 592. The minimum absolute atomic E-state index is 0.462. The third-order valence-electron chi connectivity index (χ3n) is 5.52. The maximum absolute atomic E-state index is 4.59. The van der Waals surface area contributed by atoms with E-state index in [0.717, 1.165) is 29.7 Å². The van der Waals surface area contributed by atoms with Crippen molar-refractivity contribution in [2.24, 2.45) is 16.7 Å². The van der Waals surface area contributed by atoms with Crippen LogP contribution in [0.1, 0.15) is 39.1 Å². The molecule has 2 heterocycles. The number of hydrogen-bond acceptors (Lipinski definition) is 3. The number of hydrogen-bond donors (Lipinski definition) is 1. The lowest BCUT2D eigenvalue weighted by molar-refractivity contribution is 0.457. The van der Waals surface area contributed by atoms with Crippen LogP contribution in [0.4, 0.5) is 0 Å². The average Bonchev–Trinajstić information content (AvgIpc) is 2.70. The smallest absolute Gasteiger partial charge is 0.194 e. The van der Waals surface area contributed by atoms with Crippen LogP contribution in [0.3, 0.4) is 0 Å². The molecule has 1 saturated carbocycles. The molecule has 0 spiro atoms. The minimum Gasteiger partial charge on any atom is -0.311 e. The van der Waals surface area contributed by atoms with E-state index in [1.165, 1.54) is 5.69 Å². The van der Waals surface area contributed by atoms with Crippen LogP contribution in [0.5, 0.6) is 0 Å². The van der Waals surface area contributed by atoms with Crippen LogP contribution in [0, 0.1) is 23.7 Å². The van der Waals surface area contributed by atoms with Crippen molar-refractivity contribution in [3.63, 3.8) is 0 Å². The van der Waals surface area contributed by atoms with E-state index >= 15 is 0 Å². The number of nitrogens with zero attached hydrogens (tertiary/aromatic N) is 2.